The van der Waals surface area contributed by atoms with Crippen LogP contribution in [0.15, 0.2) is 47.1 Å². The van der Waals surface area contributed by atoms with E-state index in [2.05, 4.69) is 20.4 Å². The van der Waals surface area contributed by atoms with Gasteiger partial charge in [-0.1, -0.05) is 11.2 Å². The number of anilines is 1. The summed E-state index contributed by atoms with van der Waals surface area (Å²) in [6.45, 7) is 7.68. The minimum atomic E-state index is -0.144. The molecule has 3 aromatic rings. The summed E-state index contributed by atoms with van der Waals surface area (Å²) in [5, 5.41) is 6.85. The molecule has 0 aliphatic carbocycles. The van der Waals surface area contributed by atoms with Gasteiger partial charge in [-0.05, 0) is 49.7 Å². The highest BCUT2D eigenvalue weighted by atomic mass is 16.5. The molecule has 0 saturated carbocycles. The molecule has 0 bridgehead atoms. The Labute approximate surface area is 181 Å². The molecule has 4 rings (SSSR count). The Morgan fingerprint density at radius 3 is 2.55 bits per heavy atom. The van der Waals surface area contributed by atoms with E-state index < -0.39 is 0 Å². The van der Waals surface area contributed by atoms with Crippen molar-refractivity contribution in [3.8, 4) is 5.75 Å². The number of aryl methyl sites for hydroxylation is 2. The molecule has 8 nitrogen and oxygen atoms in total. The quantitative estimate of drug-likeness (QED) is 0.626. The number of amides is 1. The molecule has 1 aliphatic heterocycles. The third-order valence-electron chi connectivity index (χ3n) is 5.28. The SMILES string of the molecule is Cc1noc(C)c1COc1ccc(C(=O)NCc2ccc(N3CCOCC3)nc2)cc1. The number of hydrogen-bond donors (Lipinski definition) is 1. The van der Waals surface area contributed by atoms with Gasteiger partial charge in [-0.25, -0.2) is 4.98 Å². The number of benzene rings is 1. The molecule has 0 spiro atoms. The second-order valence-electron chi connectivity index (χ2n) is 7.42. The lowest BCUT2D eigenvalue weighted by Gasteiger charge is -2.27. The lowest BCUT2D eigenvalue weighted by atomic mass is 10.2. The van der Waals surface area contributed by atoms with Gasteiger partial charge in [-0.15, -0.1) is 0 Å². The maximum Gasteiger partial charge on any atom is 0.251 e. The topological polar surface area (TPSA) is 89.7 Å². The van der Waals surface area contributed by atoms with Crippen LogP contribution >= 0.6 is 0 Å². The van der Waals surface area contributed by atoms with Crippen molar-refractivity contribution in [3.05, 3.63) is 70.7 Å². The van der Waals surface area contributed by atoms with Crippen LogP contribution in [0, 0.1) is 13.8 Å². The maximum absolute atomic E-state index is 12.5. The highest BCUT2D eigenvalue weighted by molar-refractivity contribution is 5.94. The highest BCUT2D eigenvalue weighted by Gasteiger charge is 2.13. The first-order chi connectivity index (χ1) is 15.1. The second-order valence-corrected chi connectivity index (χ2v) is 7.42. The number of aromatic nitrogens is 2. The van der Waals surface area contributed by atoms with Crippen molar-refractivity contribution in [2.75, 3.05) is 31.2 Å². The van der Waals surface area contributed by atoms with Gasteiger partial charge in [0, 0.05) is 31.4 Å². The van der Waals surface area contributed by atoms with E-state index in [0.717, 1.165) is 54.7 Å². The average molecular weight is 422 g/mol. The molecular weight excluding hydrogens is 396 g/mol. The summed E-state index contributed by atoms with van der Waals surface area (Å²) in [6.07, 6.45) is 1.80. The van der Waals surface area contributed by atoms with Crippen LogP contribution < -0.4 is 15.0 Å². The Bertz CT molecular complexity index is 990. The Balaban J connectivity index is 1.27. The van der Waals surface area contributed by atoms with Crippen LogP contribution in [0.2, 0.25) is 0 Å². The van der Waals surface area contributed by atoms with Crippen molar-refractivity contribution >= 4 is 11.7 Å². The number of hydrogen-bond acceptors (Lipinski definition) is 7. The van der Waals surface area contributed by atoms with E-state index in [0.29, 0.717) is 24.5 Å². The van der Waals surface area contributed by atoms with Crippen LogP contribution in [0.1, 0.15) is 32.9 Å². The molecule has 1 saturated heterocycles. The monoisotopic (exact) mass is 422 g/mol. The molecular formula is C23H26N4O4. The van der Waals surface area contributed by atoms with Crippen molar-refractivity contribution in [3.63, 3.8) is 0 Å². The minimum absolute atomic E-state index is 0.144. The number of carbonyl (C=O) groups is 1. The molecule has 0 unspecified atom stereocenters. The van der Waals surface area contributed by atoms with Crippen molar-refractivity contribution in [1.82, 2.24) is 15.5 Å². The predicted molar refractivity (Wildman–Crippen MR) is 115 cm³/mol. The van der Waals surface area contributed by atoms with Gasteiger partial charge in [-0.2, -0.15) is 0 Å². The molecule has 8 heteroatoms. The molecule has 1 aromatic carbocycles. The van der Waals surface area contributed by atoms with Gasteiger partial charge in [0.2, 0.25) is 0 Å². The zero-order valence-corrected chi connectivity index (χ0v) is 17.8. The lowest BCUT2D eigenvalue weighted by molar-refractivity contribution is 0.0951. The van der Waals surface area contributed by atoms with Gasteiger partial charge >= 0.3 is 0 Å². The van der Waals surface area contributed by atoms with Crippen molar-refractivity contribution in [2.24, 2.45) is 0 Å². The van der Waals surface area contributed by atoms with E-state index in [4.69, 9.17) is 14.0 Å². The predicted octanol–water partition coefficient (Wildman–Crippen LogP) is 3.03. The fraction of sp³-hybridized carbons (Fsp3) is 0.348. The largest absolute Gasteiger partial charge is 0.489 e. The first kappa shape index (κ1) is 20.9. The van der Waals surface area contributed by atoms with Crippen molar-refractivity contribution < 1.29 is 18.8 Å². The molecule has 1 fully saturated rings. The Kier molecular flexibility index (Phi) is 6.47. The molecule has 3 heterocycles. The lowest BCUT2D eigenvalue weighted by Crippen LogP contribution is -2.36. The summed E-state index contributed by atoms with van der Waals surface area (Å²) in [7, 11) is 0. The van der Waals surface area contributed by atoms with E-state index in [-0.39, 0.29) is 5.91 Å². The normalized spacial score (nSPS) is 13.8. The van der Waals surface area contributed by atoms with E-state index in [9.17, 15) is 4.79 Å². The second kappa shape index (κ2) is 9.61. The summed E-state index contributed by atoms with van der Waals surface area (Å²) in [6, 6.07) is 11.0. The molecule has 162 valence electrons. The van der Waals surface area contributed by atoms with Gasteiger partial charge in [0.25, 0.3) is 5.91 Å². The smallest absolute Gasteiger partial charge is 0.251 e. The Hall–Kier alpha value is -3.39. The summed E-state index contributed by atoms with van der Waals surface area (Å²) in [4.78, 5) is 19.2. The fourth-order valence-electron chi connectivity index (χ4n) is 3.35. The van der Waals surface area contributed by atoms with E-state index in [1.165, 1.54) is 0 Å². The van der Waals surface area contributed by atoms with Crippen LogP contribution in [-0.4, -0.2) is 42.4 Å². The number of nitrogens with one attached hydrogen (secondary N) is 1. The number of pyridine rings is 1. The minimum Gasteiger partial charge on any atom is -0.489 e. The fourth-order valence-corrected chi connectivity index (χ4v) is 3.35. The van der Waals surface area contributed by atoms with Gasteiger partial charge in [-0.3, -0.25) is 4.79 Å². The maximum atomic E-state index is 12.5. The molecule has 0 atom stereocenters. The van der Waals surface area contributed by atoms with Crippen LogP contribution in [0.4, 0.5) is 5.82 Å². The van der Waals surface area contributed by atoms with Gasteiger partial charge < -0.3 is 24.2 Å². The zero-order valence-electron chi connectivity index (χ0n) is 17.8. The Morgan fingerprint density at radius 2 is 1.90 bits per heavy atom. The summed E-state index contributed by atoms with van der Waals surface area (Å²) in [5.41, 5.74) is 3.28. The van der Waals surface area contributed by atoms with Crippen LogP contribution in [0.25, 0.3) is 0 Å². The number of ether oxygens (including phenoxy) is 2. The van der Waals surface area contributed by atoms with Crippen LogP contribution in [0.5, 0.6) is 5.75 Å². The van der Waals surface area contributed by atoms with E-state index in [1.807, 2.05) is 26.0 Å². The zero-order chi connectivity index (χ0) is 21.6. The molecule has 0 radical (unpaired) electrons. The van der Waals surface area contributed by atoms with Crippen LogP contribution in [0.3, 0.4) is 0 Å². The van der Waals surface area contributed by atoms with E-state index in [1.54, 1.807) is 30.5 Å². The standard InChI is InChI=1S/C23H26N4O4/c1-16-21(17(2)31-26-16)15-30-20-6-4-19(5-7-20)23(28)25-14-18-3-8-22(24-13-18)27-9-11-29-12-10-27/h3-8,13H,9-12,14-15H2,1-2H3,(H,25,28). The van der Waals surface area contributed by atoms with Gasteiger partial charge in [0.05, 0.1) is 24.5 Å². The number of nitrogens with zero attached hydrogens (tertiary/aromatic N) is 3. The third kappa shape index (κ3) is 5.21. The van der Waals surface area contributed by atoms with E-state index >= 15 is 0 Å². The number of carbonyl (C=O) groups excluding carboxylic acids is 1. The first-order valence-electron chi connectivity index (χ1n) is 10.3. The number of rotatable bonds is 7. The molecule has 1 aliphatic rings. The average Bonchev–Trinajstić information content (AvgIpc) is 3.14. The van der Waals surface area contributed by atoms with Crippen molar-refractivity contribution in [2.45, 2.75) is 27.0 Å². The first-order valence-corrected chi connectivity index (χ1v) is 10.3. The summed E-state index contributed by atoms with van der Waals surface area (Å²) < 4.78 is 16.3. The summed E-state index contributed by atoms with van der Waals surface area (Å²) >= 11 is 0. The van der Waals surface area contributed by atoms with Gasteiger partial charge in [0.1, 0.15) is 23.9 Å². The van der Waals surface area contributed by atoms with Crippen LogP contribution in [-0.2, 0) is 17.9 Å². The molecule has 1 amide bonds. The molecule has 2 aromatic heterocycles. The van der Waals surface area contributed by atoms with Crippen molar-refractivity contribution in [1.29, 1.82) is 0 Å². The summed E-state index contributed by atoms with van der Waals surface area (Å²) in [5.74, 6) is 2.22. The van der Waals surface area contributed by atoms with Gasteiger partial charge in [0.15, 0.2) is 0 Å². The highest BCUT2D eigenvalue weighted by Crippen LogP contribution is 2.18. The number of morpholine rings is 1. The third-order valence-corrected chi connectivity index (χ3v) is 5.28. The molecule has 31 heavy (non-hydrogen) atoms. The Morgan fingerprint density at radius 1 is 1.13 bits per heavy atom. The molecule has 1 N–H and O–H groups in total.